The Morgan fingerprint density at radius 3 is 2.53 bits per heavy atom. The van der Waals surface area contributed by atoms with Crippen LogP contribution in [0.15, 0.2) is 0 Å². The van der Waals surface area contributed by atoms with Crippen molar-refractivity contribution in [1.29, 1.82) is 0 Å². The van der Waals surface area contributed by atoms with Crippen LogP contribution in [0.5, 0.6) is 0 Å². The molecule has 0 radical (unpaired) electrons. The van der Waals surface area contributed by atoms with Gasteiger partial charge in [0.15, 0.2) is 6.29 Å². The fourth-order valence-electron chi connectivity index (χ4n) is 3.53. The molecule has 19 heavy (non-hydrogen) atoms. The molecule has 1 saturated carbocycles. The van der Waals surface area contributed by atoms with Crippen molar-refractivity contribution < 1.29 is 14.6 Å². The maximum absolute atomic E-state index is 11.0. The Bertz CT molecular complexity index is 266. The number of aliphatic hydroxyl groups is 1. The first-order valence-electron chi connectivity index (χ1n) is 7.42. The molecule has 0 bridgehead atoms. The van der Waals surface area contributed by atoms with Crippen LogP contribution in [0, 0.1) is 11.3 Å². The molecule has 0 aromatic rings. The molecule has 0 aromatic heterocycles. The Labute approximate surface area is 117 Å². The minimum atomic E-state index is -0.855. The Hall–Kier alpha value is -0.160. The molecule has 1 aliphatic rings. The van der Waals surface area contributed by atoms with Crippen LogP contribution in [-0.2, 0) is 9.47 Å². The molecule has 114 valence electrons. The zero-order valence-electron chi connectivity index (χ0n) is 12.9. The van der Waals surface area contributed by atoms with Crippen molar-refractivity contribution in [3.8, 4) is 0 Å². The van der Waals surface area contributed by atoms with Gasteiger partial charge in [-0.25, -0.2) is 0 Å². The van der Waals surface area contributed by atoms with Crippen molar-refractivity contribution >= 4 is 0 Å². The highest BCUT2D eigenvalue weighted by molar-refractivity contribution is 5.00. The highest BCUT2D eigenvalue weighted by atomic mass is 16.7. The van der Waals surface area contributed by atoms with E-state index in [0.29, 0.717) is 18.9 Å². The normalized spacial score (nSPS) is 31.4. The van der Waals surface area contributed by atoms with Gasteiger partial charge in [-0.05, 0) is 25.7 Å². The lowest BCUT2D eigenvalue weighted by Gasteiger charge is -2.50. The first-order chi connectivity index (χ1) is 8.94. The van der Waals surface area contributed by atoms with Gasteiger partial charge < -0.3 is 20.3 Å². The van der Waals surface area contributed by atoms with Gasteiger partial charge in [0.1, 0.15) is 0 Å². The van der Waals surface area contributed by atoms with E-state index in [4.69, 9.17) is 15.2 Å². The van der Waals surface area contributed by atoms with Crippen molar-refractivity contribution in [1.82, 2.24) is 0 Å². The molecule has 4 nitrogen and oxygen atoms in total. The molecular weight excluding hydrogens is 242 g/mol. The maximum atomic E-state index is 11.0. The second kappa shape index (κ2) is 7.02. The van der Waals surface area contributed by atoms with E-state index in [1.165, 1.54) is 6.42 Å². The number of hydrogen-bond donors (Lipinski definition) is 2. The van der Waals surface area contributed by atoms with E-state index < -0.39 is 5.60 Å². The van der Waals surface area contributed by atoms with Gasteiger partial charge in [-0.15, -0.1) is 0 Å². The average molecular weight is 273 g/mol. The van der Waals surface area contributed by atoms with Gasteiger partial charge in [0.25, 0.3) is 0 Å². The SMILES string of the molecule is CCC1CCCC(CN)(C(C)(O)CC(OC)OC)C1. The molecule has 0 aromatic carbocycles. The highest BCUT2D eigenvalue weighted by Gasteiger charge is 2.49. The lowest BCUT2D eigenvalue weighted by molar-refractivity contribution is -0.178. The van der Waals surface area contributed by atoms with Gasteiger partial charge in [0.2, 0.25) is 0 Å². The van der Waals surface area contributed by atoms with Crippen molar-refractivity contribution in [2.24, 2.45) is 17.1 Å². The van der Waals surface area contributed by atoms with Crippen molar-refractivity contribution in [3.63, 3.8) is 0 Å². The standard InChI is InChI=1S/C15H31NO3/c1-5-12-7-6-8-15(9-12,11-16)14(2,17)10-13(18-3)19-4/h12-13,17H,5-11,16H2,1-4H3. The van der Waals surface area contributed by atoms with Crippen LogP contribution in [0.25, 0.3) is 0 Å². The molecule has 0 spiro atoms. The highest BCUT2D eigenvalue weighted by Crippen LogP contribution is 2.48. The number of methoxy groups -OCH3 is 2. The van der Waals surface area contributed by atoms with Crippen molar-refractivity contribution in [2.45, 2.75) is 64.3 Å². The van der Waals surface area contributed by atoms with E-state index in [0.717, 1.165) is 25.7 Å². The van der Waals surface area contributed by atoms with Gasteiger partial charge in [-0.2, -0.15) is 0 Å². The lowest BCUT2D eigenvalue weighted by Crippen LogP contribution is -2.54. The van der Waals surface area contributed by atoms with Crippen LogP contribution in [0.1, 0.15) is 52.4 Å². The fraction of sp³-hybridized carbons (Fsp3) is 1.00. The third-order valence-electron chi connectivity index (χ3n) is 5.15. The van der Waals surface area contributed by atoms with Crippen molar-refractivity contribution in [3.05, 3.63) is 0 Å². The van der Waals surface area contributed by atoms with Crippen LogP contribution < -0.4 is 5.73 Å². The molecule has 0 heterocycles. The molecule has 0 amide bonds. The summed E-state index contributed by atoms with van der Waals surface area (Å²) in [4.78, 5) is 0. The van der Waals surface area contributed by atoms with Gasteiger partial charge >= 0.3 is 0 Å². The number of rotatable bonds is 7. The van der Waals surface area contributed by atoms with Crippen LogP contribution in [0.2, 0.25) is 0 Å². The topological polar surface area (TPSA) is 64.7 Å². The minimum absolute atomic E-state index is 0.207. The molecule has 1 fully saturated rings. The van der Waals surface area contributed by atoms with Crippen LogP contribution in [0.4, 0.5) is 0 Å². The van der Waals surface area contributed by atoms with Crippen LogP contribution in [0.3, 0.4) is 0 Å². The molecule has 3 unspecified atom stereocenters. The van der Waals surface area contributed by atoms with Crippen LogP contribution in [-0.4, -0.2) is 37.8 Å². The molecular formula is C15H31NO3. The Balaban J connectivity index is 2.85. The molecule has 1 aliphatic carbocycles. The van der Waals surface area contributed by atoms with E-state index in [1.807, 2.05) is 6.92 Å². The monoisotopic (exact) mass is 273 g/mol. The molecule has 0 aliphatic heterocycles. The number of hydrogen-bond acceptors (Lipinski definition) is 4. The quantitative estimate of drug-likeness (QED) is 0.699. The Morgan fingerprint density at radius 1 is 1.42 bits per heavy atom. The van der Waals surface area contributed by atoms with Gasteiger partial charge in [0.05, 0.1) is 5.60 Å². The first kappa shape index (κ1) is 16.9. The average Bonchev–Trinajstić information content (AvgIpc) is 2.44. The summed E-state index contributed by atoms with van der Waals surface area (Å²) < 4.78 is 10.5. The number of nitrogens with two attached hydrogens (primary N) is 1. The molecule has 0 saturated heterocycles. The summed E-state index contributed by atoms with van der Waals surface area (Å²) in [6.45, 7) is 4.64. The minimum Gasteiger partial charge on any atom is -0.389 e. The zero-order chi connectivity index (χ0) is 14.5. The first-order valence-corrected chi connectivity index (χ1v) is 7.42. The van der Waals surface area contributed by atoms with Gasteiger partial charge in [0, 0.05) is 32.6 Å². The lowest BCUT2D eigenvalue weighted by atomic mass is 9.59. The third kappa shape index (κ3) is 3.69. The second-order valence-corrected chi connectivity index (χ2v) is 6.23. The molecule has 4 heteroatoms. The maximum Gasteiger partial charge on any atom is 0.159 e. The molecule has 3 N–H and O–H groups in total. The predicted molar refractivity (Wildman–Crippen MR) is 76.8 cm³/mol. The summed E-state index contributed by atoms with van der Waals surface area (Å²) in [6.07, 6.45) is 5.66. The zero-order valence-corrected chi connectivity index (χ0v) is 12.9. The summed E-state index contributed by atoms with van der Waals surface area (Å²) in [6, 6.07) is 0. The summed E-state index contributed by atoms with van der Waals surface area (Å²) in [5.41, 5.74) is 5.00. The summed E-state index contributed by atoms with van der Waals surface area (Å²) in [7, 11) is 3.21. The predicted octanol–water partition coefficient (Wildman–Crippen LogP) is 2.29. The molecule has 1 rings (SSSR count). The Morgan fingerprint density at radius 2 is 2.05 bits per heavy atom. The largest absolute Gasteiger partial charge is 0.389 e. The van der Waals surface area contributed by atoms with Crippen LogP contribution >= 0.6 is 0 Å². The third-order valence-corrected chi connectivity index (χ3v) is 5.15. The molecule has 3 atom stereocenters. The summed E-state index contributed by atoms with van der Waals surface area (Å²) in [5.74, 6) is 0.673. The summed E-state index contributed by atoms with van der Waals surface area (Å²) >= 11 is 0. The van der Waals surface area contributed by atoms with Crippen molar-refractivity contribution in [2.75, 3.05) is 20.8 Å². The fourth-order valence-corrected chi connectivity index (χ4v) is 3.53. The Kier molecular flexibility index (Phi) is 6.24. The van der Waals surface area contributed by atoms with Gasteiger partial charge in [-0.3, -0.25) is 0 Å². The van der Waals surface area contributed by atoms with Gasteiger partial charge in [-0.1, -0.05) is 26.2 Å². The van der Waals surface area contributed by atoms with E-state index >= 15 is 0 Å². The summed E-state index contributed by atoms with van der Waals surface area (Å²) in [5, 5.41) is 11.0. The van der Waals surface area contributed by atoms with E-state index in [1.54, 1.807) is 14.2 Å². The number of ether oxygens (including phenoxy) is 2. The van der Waals surface area contributed by atoms with E-state index in [9.17, 15) is 5.11 Å². The second-order valence-electron chi connectivity index (χ2n) is 6.23. The van der Waals surface area contributed by atoms with E-state index in [2.05, 4.69) is 6.92 Å². The van der Waals surface area contributed by atoms with E-state index in [-0.39, 0.29) is 11.7 Å². The smallest absolute Gasteiger partial charge is 0.159 e.